The molecule has 2 N–H and O–H groups in total. The number of Topliss-reactive ketones (excluding diaryl/α,β-unsaturated/α-hetero) is 1. The highest BCUT2D eigenvalue weighted by atomic mass is 35.5. The van der Waals surface area contributed by atoms with Gasteiger partial charge in [0.1, 0.15) is 11.0 Å². The molecular weight excluding hydrogens is 464 g/mol. The summed E-state index contributed by atoms with van der Waals surface area (Å²) in [4.78, 5) is 37.4. The predicted molar refractivity (Wildman–Crippen MR) is 135 cm³/mol. The largest absolute Gasteiger partial charge is 0.463 e. The van der Waals surface area contributed by atoms with Gasteiger partial charge in [-0.2, -0.15) is 0 Å². The molecule has 3 aromatic rings. The predicted octanol–water partition coefficient (Wildman–Crippen LogP) is 4.94. The van der Waals surface area contributed by atoms with E-state index in [-0.39, 0.29) is 28.9 Å². The Morgan fingerprint density at radius 3 is 2.83 bits per heavy atom. The fourth-order valence-electron chi connectivity index (χ4n) is 4.98. The number of benzene rings is 1. The van der Waals surface area contributed by atoms with Crippen LogP contribution in [0.15, 0.2) is 71.5 Å². The molecule has 0 fully saturated rings. The van der Waals surface area contributed by atoms with E-state index in [1.807, 2.05) is 37.3 Å². The Morgan fingerprint density at radius 1 is 1.26 bits per heavy atom. The Balaban J connectivity index is 1.81. The molecule has 0 radical (unpaired) electrons. The summed E-state index contributed by atoms with van der Waals surface area (Å²) in [5.41, 5.74) is 11.2. The van der Waals surface area contributed by atoms with Crippen molar-refractivity contribution in [1.29, 1.82) is 0 Å². The van der Waals surface area contributed by atoms with Gasteiger partial charge in [-0.3, -0.25) is 14.7 Å². The lowest BCUT2D eigenvalue weighted by Gasteiger charge is -2.40. The first kappa shape index (κ1) is 23.1. The van der Waals surface area contributed by atoms with Gasteiger partial charge >= 0.3 is 5.97 Å². The highest BCUT2D eigenvalue weighted by molar-refractivity contribution is 6.31. The van der Waals surface area contributed by atoms with Crippen molar-refractivity contribution in [2.75, 3.05) is 11.5 Å². The zero-order valence-corrected chi connectivity index (χ0v) is 20.3. The second-order valence-electron chi connectivity index (χ2n) is 8.70. The Labute approximate surface area is 208 Å². The monoisotopic (exact) mass is 488 g/mol. The van der Waals surface area contributed by atoms with E-state index in [1.54, 1.807) is 30.3 Å². The second-order valence-corrected chi connectivity index (χ2v) is 9.06. The molecule has 0 saturated heterocycles. The molecule has 1 aliphatic heterocycles. The van der Waals surface area contributed by atoms with E-state index in [4.69, 9.17) is 22.1 Å². The van der Waals surface area contributed by atoms with Crippen molar-refractivity contribution in [3.05, 3.63) is 87.7 Å². The number of esters is 1. The molecule has 0 saturated carbocycles. The molecule has 0 spiro atoms. The van der Waals surface area contributed by atoms with Gasteiger partial charge < -0.3 is 10.5 Å². The number of carbonyl (C=O) groups is 2. The Hall–Kier alpha value is -3.71. The van der Waals surface area contributed by atoms with Gasteiger partial charge in [-0.05, 0) is 57.0 Å². The van der Waals surface area contributed by atoms with Gasteiger partial charge in [-0.1, -0.05) is 23.2 Å². The molecule has 2 aromatic heterocycles. The minimum Gasteiger partial charge on any atom is -0.463 e. The third-order valence-corrected chi connectivity index (χ3v) is 6.76. The number of pyridine rings is 2. The number of aromatic nitrogens is 2. The molecule has 5 rings (SSSR count). The Morgan fingerprint density at radius 2 is 2.09 bits per heavy atom. The van der Waals surface area contributed by atoms with Crippen LogP contribution in [0.1, 0.15) is 43.2 Å². The topological polar surface area (TPSA) is 98.4 Å². The Kier molecular flexibility index (Phi) is 6.03. The number of aryl methyl sites for hydroxylation is 1. The summed E-state index contributed by atoms with van der Waals surface area (Å²) >= 11 is 6.72. The minimum atomic E-state index is -0.783. The number of nitrogens with zero attached hydrogens (tertiary/aromatic N) is 3. The lowest BCUT2D eigenvalue weighted by Crippen LogP contribution is -2.41. The number of hydrogen-bond acceptors (Lipinski definition) is 7. The maximum Gasteiger partial charge on any atom is 0.338 e. The van der Waals surface area contributed by atoms with Gasteiger partial charge in [0, 0.05) is 34.8 Å². The van der Waals surface area contributed by atoms with E-state index in [0.717, 1.165) is 22.2 Å². The SMILES string of the molecule is CCOC(=O)C1=C(N)N(c2cccnc2)C2=C(C(=O)CCC2)C1c1cc2cc(C)ccc2nc1Cl. The van der Waals surface area contributed by atoms with Crippen LogP contribution in [-0.2, 0) is 14.3 Å². The van der Waals surface area contributed by atoms with E-state index >= 15 is 0 Å². The molecule has 1 atom stereocenters. The first-order valence-electron chi connectivity index (χ1n) is 11.6. The zero-order valence-electron chi connectivity index (χ0n) is 19.5. The molecule has 2 aliphatic rings. The number of anilines is 1. The summed E-state index contributed by atoms with van der Waals surface area (Å²) in [6, 6.07) is 11.4. The summed E-state index contributed by atoms with van der Waals surface area (Å²) in [7, 11) is 0. The summed E-state index contributed by atoms with van der Waals surface area (Å²) in [5, 5.41) is 1.09. The van der Waals surface area contributed by atoms with Gasteiger partial charge in [0.25, 0.3) is 0 Å². The molecule has 0 amide bonds. The molecule has 1 aromatic carbocycles. The lowest BCUT2D eigenvalue weighted by atomic mass is 9.75. The highest BCUT2D eigenvalue weighted by Crippen LogP contribution is 2.48. The van der Waals surface area contributed by atoms with E-state index in [1.165, 1.54) is 0 Å². The van der Waals surface area contributed by atoms with Crippen LogP contribution in [-0.4, -0.2) is 28.3 Å². The number of halogens is 1. The molecular formula is C27H25ClN4O3. The first-order chi connectivity index (χ1) is 16.9. The van der Waals surface area contributed by atoms with Crippen molar-refractivity contribution in [2.45, 2.75) is 39.0 Å². The van der Waals surface area contributed by atoms with Gasteiger partial charge in [0.2, 0.25) is 0 Å². The van der Waals surface area contributed by atoms with Gasteiger partial charge in [-0.25, -0.2) is 9.78 Å². The molecule has 178 valence electrons. The van der Waals surface area contributed by atoms with Crippen LogP contribution < -0.4 is 10.6 Å². The van der Waals surface area contributed by atoms with Crippen molar-refractivity contribution < 1.29 is 14.3 Å². The molecule has 1 aliphatic carbocycles. The van der Waals surface area contributed by atoms with E-state index < -0.39 is 11.9 Å². The van der Waals surface area contributed by atoms with Gasteiger partial charge in [0.15, 0.2) is 5.78 Å². The highest BCUT2D eigenvalue weighted by Gasteiger charge is 2.44. The average molecular weight is 489 g/mol. The molecule has 0 bridgehead atoms. The molecule has 1 unspecified atom stereocenters. The van der Waals surface area contributed by atoms with E-state index in [9.17, 15) is 9.59 Å². The third-order valence-electron chi connectivity index (χ3n) is 6.45. The van der Waals surface area contributed by atoms with Crippen LogP contribution in [0.3, 0.4) is 0 Å². The lowest BCUT2D eigenvalue weighted by molar-refractivity contribution is -0.138. The van der Waals surface area contributed by atoms with Crippen LogP contribution >= 0.6 is 11.6 Å². The second kappa shape index (κ2) is 9.15. The van der Waals surface area contributed by atoms with Crippen molar-refractivity contribution in [3.63, 3.8) is 0 Å². The van der Waals surface area contributed by atoms with Crippen molar-refractivity contribution in [1.82, 2.24) is 9.97 Å². The number of hydrogen-bond donors (Lipinski definition) is 1. The van der Waals surface area contributed by atoms with Crippen molar-refractivity contribution >= 4 is 39.9 Å². The Bertz CT molecular complexity index is 1410. The summed E-state index contributed by atoms with van der Waals surface area (Å²) < 4.78 is 5.43. The average Bonchev–Trinajstić information content (AvgIpc) is 2.84. The van der Waals surface area contributed by atoms with E-state index in [0.29, 0.717) is 36.1 Å². The fraction of sp³-hybridized carbons (Fsp3) is 0.259. The molecule has 3 heterocycles. The van der Waals surface area contributed by atoms with Gasteiger partial charge in [0.05, 0.1) is 35.5 Å². The number of ketones is 1. The number of fused-ring (bicyclic) bond motifs is 1. The van der Waals surface area contributed by atoms with Crippen LogP contribution in [0.4, 0.5) is 5.69 Å². The number of ether oxygens (including phenoxy) is 1. The summed E-state index contributed by atoms with van der Waals surface area (Å²) in [5.74, 6) is -1.21. The normalized spacial score (nSPS) is 18.2. The van der Waals surface area contributed by atoms with Crippen molar-refractivity contribution in [2.24, 2.45) is 5.73 Å². The number of nitrogens with two attached hydrogens (primary N) is 1. The minimum absolute atomic E-state index is 0.0418. The standard InChI is InChI=1S/C27H25ClN4O3/c1-3-35-27(34)24-22(18-13-16-12-15(2)9-10-19(16)31-25(18)28)23-20(7-4-8-21(23)33)32(26(24)29)17-6-5-11-30-14-17/h5-6,9-14,22H,3-4,7-8,29H2,1-2H3. The maximum atomic E-state index is 13.5. The van der Waals surface area contributed by atoms with Crippen LogP contribution in [0.5, 0.6) is 0 Å². The number of rotatable bonds is 4. The molecule has 8 heteroatoms. The zero-order chi connectivity index (χ0) is 24.7. The summed E-state index contributed by atoms with van der Waals surface area (Å²) in [6.45, 7) is 3.89. The van der Waals surface area contributed by atoms with Crippen LogP contribution in [0.25, 0.3) is 10.9 Å². The van der Waals surface area contributed by atoms with Crippen molar-refractivity contribution in [3.8, 4) is 0 Å². The third kappa shape index (κ3) is 3.96. The smallest absolute Gasteiger partial charge is 0.338 e. The van der Waals surface area contributed by atoms with E-state index in [2.05, 4.69) is 9.97 Å². The number of carbonyl (C=O) groups excluding carboxylic acids is 2. The summed E-state index contributed by atoms with van der Waals surface area (Å²) in [6.07, 6.45) is 5.01. The molecule has 7 nitrogen and oxygen atoms in total. The first-order valence-corrected chi connectivity index (χ1v) is 12.0. The van der Waals surface area contributed by atoms with Crippen LogP contribution in [0, 0.1) is 6.92 Å². The molecule has 35 heavy (non-hydrogen) atoms. The van der Waals surface area contributed by atoms with Gasteiger partial charge in [-0.15, -0.1) is 0 Å². The van der Waals surface area contributed by atoms with Crippen LogP contribution in [0.2, 0.25) is 5.15 Å². The fourth-order valence-corrected chi connectivity index (χ4v) is 5.23. The number of allylic oxidation sites excluding steroid dienone is 2. The maximum absolute atomic E-state index is 13.5. The quantitative estimate of drug-likeness (QED) is 0.410.